The Morgan fingerprint density at radius 2 is 2.00 bits per heavy atom. The third kappa shape index (κ3) is 2.67. The van der Waals surface area contributed by atoms with Crippen molar-refractivity contribution >= 4 is 61.2 Å². The molecule has 1 aliphatic heterocycles. The molecule has 1 fully saturated rings. The van der Waals surface area contributed by atoms with Crippen LogP contribution in [0.2, 0.25) is 5.02 Å². The Balaban J connectivity index is 1.33. The van der Waals surface area contributed by atoms with Gasteiger partial charge < -0.3 is 9.80 Å². The zero-order valence-electron chi connectivity index (χ0n) is 13.8. The SMILES string of the molecule is O=C(c1cc2c(nc3sccn32)s1)N1CCN(c2cccc(Cl)c2)CC1. The summed E-state index contributed by atoms with van der Waals surface area (Å²) in [4.78, 5) is 24.4. The van der Waals surface area contributed by atoms with Crippen molar-refractivity contribution in [1.82, 2.24) is 14.3 Å². The molecule has 4 aromatic rings. The number of halogens is 1. The molecule has 0 spiro atoms. The van der Waals surface area contributed by atoms with Gasteiger partial charge in [0, 0.05) is 48.5 Å². The third-order valence-corrected chi connectivity index (χ3v) is 6.69. The van der Waals surface area contributed by atoms with Crippen molar-refractivity contribution in [2.24, 2.45) is 0 Å². The Labute approximate surface area is 163 Å². The first-order valence-corrected chi connectivity index (χ1v) is 10.4. The number of amides is 1. The highest BCUT2D eigenvalue weighted by Crippen LogP contribution is 2.29. The topological polar surface area (TPSA) is 40.9 Å². The maximum atomic E-state index is 12.9. The molecule has 1 saturated heterocycles. The van der Waals surface area contributed by atoms with Gasteiger partial charge in [0.25, 0.3) is 5.91 Å². The molecule has 0 radical (unpaired) electrons. The molecule has 0 N–H and O–H groups in total. The number of anilines is 1. The van der Waals surface area contributed by atoms with Crippen LogP contribution in [0.3, 0.4) is 0 Å². The van der Waals surface area contributed by atoms with E-state index in [1.807, 2.05) is 45.1 Å². The number of carbonyl (C=O) groups is 1. The van der Waals surface area contributed by atoms with E-state index >= 15 is 0 Å². The van der Waals surface area contributed by atoms with Crippen LogP contribution in [0.15, 0.2) is 41.9 Å². The molecule has 5 rings (SSSR count). The van der Waals surface area contributed by atoms with Gasteiger partial charge in [-0.1, -0.05) is 17.7 Å². The number of aromatic nitrogens is 2. The minimum absolute atomic E-state index is 0.0997. The molecular formula is C18H15ClN4OS2. The van der Waals surface area contributed by atoms with Gasteiger partial charge in [-0.15, -0.1) is 22.7 Å². The fourth-order valence-corrected chi connectivity index (χ4v) is 5.30. The van der Waals surface area contributed by atoms with Crippen LogP contribution in [0.1, 0.15) is 9.67 Å². The molecule has 1 amide bonds. The van der Waals surface area contributed by atoms with Gasteiger partial charge in [0.15, 0.2) is 4.96 Å². The lowest BCUT2D eigenvalue weighted by molar-refractivity contribution is 0.0751. The Kier molecular flexibility index (Phi) is 3.88. The van der Waals surface area contributed by atoms with E-state index in [1.165, 1.54) is 11.3 Å². The average Bonchev–Trinajstić information content (AvgIpc) is 3.33. The number of hydrogen-bond donors (Lipinski definition) is 0. The monoisotopic (exact) mass is 402 g/mol. The summed E-state index contributed by atoms with van der Waals surface area (Å²) in [6.45, 7) is 3.04. The second-order valence-corrected chi connectivity index (χ2v) is 8.57. The summed E-state index contributed by atoms with van der Waals surface area (Å²) in [5.74, 6) is 0.0997. The molecule has 5 nitrogen and oxygen atoms in total. The number of fused-ring (bicyclic) bond motifs is 3. The molecule has 0 saturated carbocycles. The van der Waals surface area contributed by atoms with Crippen LogP contribution in [0.5, 0.6) is 0 Å². The molecule has 0 bridgehead atoms. The van der Waals surface area contributed by atoms with Crippen molar-refractivity contribution in [3.63, 3.8) is 0 Å². The van der Waals surface area contributed by atoms with Crippen LogP contribution in [0.4, 0.5) is 5.69 Å². The number of nitrogens with zero attached hydrogens (tertiary/aromatic N) is 4. The van der Waals surface area contributed by atoms with Crippen LogP contribution >= 0.6 is 34.3 Å². The maximum absolute atomic E-state index is 12.9. The van der Waals surface area contributed by atoms with E-state index in [4.69, 9.17) is 11.6 Å². The van der Waals surface area contributed by atoms with E-state index < -0.39 is 0 Å². The molecule has 132 valence electrons. The number of hydrogen-bond acceptors (Lipinski definition) is 5. The van der Waals surface area contributed by atoms with Gasteiger partial charge in [-0.3, -0.25) is 9.20 Å². The van der Waals surface area contributed by atoms with E-state index in [-0.39, 0.29) is 5.91 Å². The summed E-state index contributed by atoms with van der Waals surface area (Å²) in [7, 11) is 0. The van der Waals surface area contributed by atoms with Gasteiger partial charge in [-0.25, -0.2) is 4.98 Å². The van der Waals surface area contributed by atoms with Crippen molar-refractivity contribution in [2.45, 2.75) is 0 Å². The van der Waals surface area contributed by atoms with Crippen molar-refractivity contribution in [3.8, 4) is 0 Å². The first-order chi connectivity index (χ1) is 12.7. The quantitative estimate of drug-likeness (QED) is 0.504. The van der Waals surface area contributed by atoms with E-state index in [9.17, 15) is 4.79 Å². The minimum atomic E-state index is 0.0997. The highest BCUT2D eigenvalue weighted by molar-refractivity contribution is 7.21. The number of imidazole rings is 1. The lowest BCUT2D eigenvalue weighted by Gasteiger charge is -2.36. The van der Waals surface area contributed by atoms with Gasteiger partial charge in [0.1, 0.15) is 4.83 Å². The van der Waals surface area contributed by atoms with Crippen LogP contribution in [0, 0.1) is 0 Å². The number of carbonyl (C=O) groups excluding carboxylic acids is 1. The summed E-state index contributed by atoms with van der Waals surface area (Å²) in [5, 5.41) is 2.75. The summed E-state index contributed by atoms with van der Waals surface area (Å²) < 4.78 is 2.05. The Bertz CT molecular complexity index is 1110. The summed E-state index contributed by atoms with van der Waals surface area (Å²) in [5.41, 5.74) is 2.13. The largest absolute Gasteiger partial charge is 0.368 e. The van der Waals surface area contributed by atoms with Crippen molar-refractivity contribution < 1.29 is 4.79 Å². The highest BCUT2D eigenvalue weighted by Gasteiger charge is 2.24. The normalized spacial score (nSPS) is 15.3. The van der Waals surface area contributed by atoms with Gasteiger partial charge in [0.2, 0.25) is 0 Å². The first kappa shape index (κ1) is 16.1. The fraction of sp³-hybridized carbons (Fsp3) is 0.222. The lowest BCUT2D eigenvalue weighted by Crippen LogP contribution is -2.48. The van der Waals surface area contributed by atoms with Gasteiger partial charge in [-0.2, -0.15) is 0 Å². The standard InChI is InChI=1S/C18H15ClN4OS2/c19-12-2-1-3-13(10-12)21-4-6-22(7-5-21)17(24)15-11-14-16(26-15)20-18-23(14)8-9-25-18/h1-3,8-11H,4-7H2. The maximum Gasteiger partial charge on any atom is 0.264 e. The van der Waals surface area contributed by atoms with Crippen LogP contribution in [-0.2, 0) is 0 Å². The smallest absolute Gasteiger partial charge is 0.264 e. The lowest BCUT2D eigenvalue weighted by atomic mass is 10.2. The molecular weight excluding hydrogens is 388 g/mol. The number of benzene rings is 1. The zero-order chi connectivity index (χ0) is 17.7. The Hall–Kier alpha value is -2.09. The number of piperazine rings is 1. The van der Waals surface area contributed by atoms with E-state index in [2.05, 4.69) is 16.0 Å². The fourth-order valence-electron chi connectivity index (χ4n) is 3.35. The van der Waals surface area contributed by atoms with E-state index in [1.54, 1.807) is 11.3 Å². The number of thiazole rings is 1. The van der Waals surface area contributed by atoms with Crippen molar-refractivity contribution in [2.75, 3.05) is 31.1 Å². The average molecular weight is 403 g/mol. The molecule has 4 heterocycles. The third-order valence-electron chi connectivity index (χ3n) is 4.69. The molecule has 0 aliphatic carbocycles. The molecule has 26 heavy (non-hydrogen) atoms. The Morgan fingerprint density at radius 1 is 1.15 bits per heavy atom. The highest BCUT2D eigenvalue weighted by atomic mass is 35.5. The zero-order valence-corrected chi connectivity index (χ0v) is 16.2. The van der Waals surface area contributed by atoms with E-state index in [0.29, 0.717) is 13.1 Å². The Morgan fingerprint density at radius 3 is 2.81 bits per heavy atom. The van der Waals surface area contributed by atoms with Crippen molar-refractivity contribution in [3.05, 3.63) is 51.8 Å². The second-order valence-electron chi connectivity index (χ2n) is 6.23. The molecule has 3 aromatic heterocycles. The predicted octanol–water partition coefficient (Wildman–Crippen LogP) is 4.23. The number of thiophene rings is 1. The summed E-state index contributed by atoms with van der Waals surface area (Å²) >= 11 is 9.18. The predicted molar refractivity (Wildman–Crippen MR) is 108 cm³/mol. The number of rotatable bonds is 2. The van der Waals surface area contributed by atoms with Gasteiger partial charge in [-0.05, 0) is 24.3 Å². The molecule has 8 heteroatoms. The van der Waals surface area contributed by atoms with E-state index in [0.717, 1.165) is 44.0 Å². The molecule has 1 aliphatic rings. The van der Waals surface area contributed by atoms with Crippen LogP contribution < -0.4 is 4.90 Å². The summed E-state index contributed by atoms with van der Waals surface area (Å²) in [6.07, 6.45) is 2.00. The molecule has 1 aromatic carbocycles. The van der Waals surface area contributed by atoms with Crippen LogP contribution in [-0.4, -0.2) is 46.4 Å². The second kappa shape index (κ2) is 6.26. The molecule has 0 atom stereocenters. The molecule has 0 unspecified atom stereocenters. The van der Waals surface area contributed by atoms with Gasteiger partial charge >= 0.3 is 0 Å². The minimum Gasteiger partial charge on any atom is -0.368 e. The van der Waals surface area contributed by atoms with Crippen LogP contribution in [0.25, 0.3) is 15.3 Å². The van der Waals surface area contributed by atoms with Crippen molar-refractivity contribution in [1.29, 1.82) is 0 Å². The first-order valence-electron chi connectivity index (χ1n) is 8.34. The van der Waals surface area contributed by atoms with Gasteiger partial charge in [0.05, 0.1) is 10.4 Å². The summed E-state index contributed by atoms with van der Waals surface area (Å²) in [6, 6.07) is 9.84.